The fourth-order valence-corrected chi connectivity index (χ4v) is 0.129. The minimum Gasteiger partial charge on any atom is -0.394 e. The molecule has 0 rings (SSSR count). The van der Waals surface area contributed by atoms with Crippen molar-refractivity contribution < 1.29 is 10.2 Å². The van der Waals surface area contributed by atoms with Crippen LogP contribution in [0.3, 0.4) is 0 Å². The highest BCUT2D eigenvalue weighted by Gasteiger charge is 1.92. The average molecular weight is 91.1 g/mol. The highest BCUT2D eigenvalue weighted by atomic mass is 16.3. The standard InChI is InChI=1S/C4H10O2/c1-2-4(6)3-5/h4-6H,2-3H2,1H3/i6D. The van der Waals surface area contributed by atoms with Gasteiger partial charge in [-0.05, 0) is 6.42 Å². The Hall–Kier alpha value is -0.0800. The number of rotatable bonds is 3. The fraction of sp³-hybridized carbons (Fsp3) is 1.00. The first-order valence-corrected chi connectivity index (χ1v) is 2.08. The molecule has 2 heteroatoms. The van der Waals surface area contributed by atoms with Crippen LogP contribution < -0.4 is 0 Å². The molecule has 0 aromatic carbocycles. The summed E-state index contributed by atoms with van der Waals surface area (Å²) in [5.74, 6) is 0. The van der Waals surface area contributed by atoms with Gasteiger partial charge >= 0.3 is 0 Å². The summed E-state index contributed by atoms with van der Waals surface area (Å²) in [5.41, 5.74) is 0. The molecule has 0 aromatic heterocycles. The molecule has 38 valence electrons. The van der Waals surface area contributed by atoms with Gasteiger partial charge in [0.1, 0.15) is 0 Å². The largest absolute Gasteiger partial charge is 0.394 e. The lowest BCUT2D eigenvalue weighted by atomic mass is 10.3. The first kappa shape index (κ1) is 4.09. The third-order valence-corrected chi connectivity index (χ3v) is 0.659. The molecule has 0 saturated heterocycles. The Balaban J connectivity index is 2.99. The minimum atomic E-state index is -0.292. The summed E-state index contributed by atoms with van der Waals surface area (Å²) >= 11 is 0. The average Bonchev–Trinajstić information content (AvgIpc) is 1.72. The number of aliphatic hydroxyl groups excluding tert-OH is 2. The lowest BCUT2D eigenvalue weighted by molar-refractivity contribution is 0.0923. The Labute approximate surface area is 38.9 Å². The van der Waals surface area contributed by atoms with Crippen LogP contribution in [0.25, 0.3) is 0 Å². The predicted molar refractivity (Wildman–Crippen MR) is 23.4 cm³/mol. The van der Waals surface area contributed by atoms with Gasteiger partial charge in [-0.3, -0.25) is 0 Å². The smallest absolute Gasteiger partial charge is 0.211 e. The molecule has 0 aliphatic rings. The zero-order valence-corrected chi connectivity index (χ0v) is 3.85. The van der Waals surface area contributed by atoms with E-state index in [-0.39, 0.29) is 12.7 Å². The van der Waals surface area contributed by atoms with Gasteiger partial charge in [0.25, 0.3) is 0 Å². The van der Waals surface area contributed by atoms with E-state index in [1.165, 1.54) is 0 Å². The van der Waals surface area contributed by atoms with E-state index in [2.05, 4.69) is 5.11 Å². The summed E-state index contributed by atoms with van der Waals surface area (Å²) < 4.78 is 6.30. The zero-order chi connectivity index (χ0) is 5.70. The van der Waals surface area contributed by atoms with E-state index in [0.717, 1.165) is 0 Å². The van der Waals surface area contributed by atoms with Gasteiger partial charge in [0.05, 0.1) is 12.7 Å². The van der Waals surface area contributed by atoms with E-state index in [4.69, 9.17) is 6.54 Å². The van der Waals surface area contributed by atoms with Gasteiger partial charge < -0.3 is 10.2 Å². The molecule has 2 nitrogen and oxygen atoms in total. The number of hydrogen-bond donors (Lipinski definition) is 2. The van der Waals surface area contributed by atoms with E-state index < -0.39 is 0 Å². The molecule has 0 aliphatic heterocycles. The van der Waals surface area contributed by atoms with Crippen LogP contribution >= 0.6 is 0 Å². The summed E-state index contributed by atoms with van der Waals surface area (Å²) in [5, 5.41) is 12.3. The second-order valence-electron chi connectivity index (χ2n) is 1.21. The number of aliphatic hydroxyl groups is 2. The summed E-state index contributed by atoms with van der Waals surface area (Å²) in [6.07, 6.45) is 0.403. The SMILES string of the molecule is [2H]OC(CC)CO. The van der Waals surface area contributed by atoms with Crippen molar-refractivity contribution in [2.75, 3.05) is 6.61 Å². The minimum absolute atomic E-state index is 0.0556. The van der Waals surface area contributed by atoms with Crippen LogP contribution in [0.15, 0.2) is 0 Å². The quantitative estimate of drug-likeness (QED) is 0.502. The van der Waals surface area contributed by atoms with Gasteiger partial charge in [-0.2, -0.15) is 0 Å². The van der Waals surface area contributed by atoms with E-state index in [1.54, 1.807) is 0 Å². The zero-order valence-electron chi connectivity index (χ0n) is 4.85. The Morgan fingerprint density at radius 1 is 2.00 bits per heavy atom. The van der Waals surface area contributed by atoms with Crippen molar-refractivity contribution in [2.45, 2.75) is 19.4 Å². The molecule has 0 bridgehead atoms. The summed E-state index contributed by atoms with van der Waals surface area (Å²) in [7, 11) is 0. The second kappa shape index (κ2) is 3.12. The van der Waals surface area contributed by atoms with Crippen molar-refractivity contribution in [3.63, 3.8) is 0 Å². The van der Waals surface area contributed by atoms with E-state index >= 15 is 0 Å². The maximum absolute atomic E-state index is 8.28. The Morgan fingerprint density at radius 3 is 2.67 bits per heavy atom. The van der Waals surface area contributed by atoms with Gasteiger partial charge in [0, 0.05) is 0 Å². The molecule has 0 radical (unpaired) electrons. The molecule has 0 saturated carbocycles. The molecule has 0 aromatic rings. The molecule has 1 atom stereocenters. The van der Waals surface area contributed by atoms with Gasteiger partial charge in [0.2, 0.25) is 1.43 Å². The Morgan fingerprint density at radius 2 is 2.67 bits per heavy atom. The maximum Gasteiger partial charge on any atom is 0.211 e. The predicted octanol–water partition coefficient (Wildman–Crippen LogP) is -0.250. The molecule has 0 fully saturated rings. The first-order valence-electron chi connectivity index (χ1n) is 2.48. The lowest BCUT2D eigenvalue weighted by Gasteiger charge is -1.97. The normalized spacial score (nSPS) is 16.7. The van der Waals surface area contributed by atoms with Gasteiger partial charge in [-0.15, -0.1) is 0 Å². The van der Waals surface area contributed by atoms with Crippen LogP contribution in [0, 0.1) is 0 Å². The third-order valence-electron chi connectivity index (χ3n) is 0.659. The molecule has 6 heavy (non-hydrogen) atoms. The number of hydrogen-bond acceptors (Lipinski definition) is 2. The van der Waals surface area contributed by atoms with E-state index in [9.17, 15) is 0 Å². The van der Waals surface area contributed by atoms with Crippen molar-refractivity contribution in [2.24, 2.45) is 0 Å². The van der Waals surface area contributed by atoms with Crippen LogP contribution in [-0.4, -0.2) is 24.4 Å². The van der Waals surface area contributed by atoms with E-state index in [1.807, 2.05) is 6.92 Å². The van der Waals surface area contributed by atoms with Crippen LogP contribution in [0.5, 0.6) is 0 Å². The maximum atomic E-state index is 8.28. The van der Waals surface area contributed by atoms with Gasteiger partial charge in [-0.25, -0.2) is 0 Å². The molecule has 1 unspecified atom stereocenters. The van der Waals surface area contributed by atoms with Gasteiger partial charge in [0.15, 0.2) is 0 Å². The highest BCUT2D eigenvalue weighted by Crippen LogP contribution is 1.83. The Kier molecular flexibility index (Phi) is 2.13. The molecule has 0 heterocycles. The van der Waals surface area contributed by atoms with Crippen molar-refractivity contribution >= 4 is 0 Å². The molecule has 0 spiro atoms. The summed E-state index contributed by atoms with van der Waals surface area (Å²) in [6, 6.07) is 0. The van der Waals surface area contributed by atoms with Crippen molar-refractivity contribution in [3.05, 3.63) is 0 Å². The van der Waals surface area contributed by atoms with Crippen molar-refractivity contribution in [1.29, 1.82) is 1.43 Å². The molecule has 0 aliphatic carbocycles. The van der Waals surface area contributed by atoms with Crippen LogP contribution in [-0.2, 0) is 0 Å². The van der Waals surface area contributed by atoms with Crippen LogP contribution in [0.2, 0.25) is 0 Å². The fourth-order valence-electron chi connectivity index (χ4n) is 0.129. The third kappa shape index (κ3) is 2.18. The Bertz CT molecular complexity index is 31.2. The van der Waals surface area contributed by atoms with Crippen LogP contribution in [0.4, 0.5) is 0 Å². The monoisotopic (exact) mass is 91.1 g/mol. The molecule has 0 amide bonds. The second-order valence-corrected chi connectivity index (χ2v) is 1.21. The summed E-state index contributed by atoms with van der Waals surface area (Å²) in [4.78, 5) is 0. The van der Waals surface area contributed by atoms with Gasteiger partial charge in [-0.1, -0.05) is 6.92 Å². The topological polar surface area (TPSA) is 40.5 Å². The first-order chi connectivity index (χ1) is 3.35. The molecular weight excluding hydrogens is 80.0 g/mol. The van der Waals surface area contributed by atoms with Crippen LogP contribution in [0.1, 0.15) is 13.3 Å². The molecular formula is C4H10O2. The van der Waals surface area contributed by atoms with Crippen molar-refractivity contribution in [1.82, 2.24) is 0 Å². The summed E-state index contributed by atoms with van der Waals surface area (Å²) in [6.45, 7) is 1.80. The van der Waals surface area contributed by atoms with Crippen molar-refractivity contribution in [3.8, 4) is 0 Å². The van der Waals surface area contributed by atoms with E-state index in [0.29, 0.717) is 6.42 Å². The molecule has 2 N–H and O–H groups in total. The lowest BCUT2D eigenvalue weighted by Crippen LogP contribution is -2.08. The highest BCUT2D eigenvalue weighted by molar-refractivity contribution is 4.43.